The molecule has 23 heavy (non-hydrogen) atoms. The molecule has 1 aromatic rings. The molecule has 5 heteroatoms. The minimum Gasteiger partial charge on any atom is -0.466 e. The molecule has 0 unspecified atom stereocenters. The van der Waals surface area contributed by atoms with Gasteiger partial charge in [-0.25, -0.2) is 4.39 Å². The van der Waals surface area contributed by atoms with E-state index in [0.29, 0.717) is 12.2 Å². The number of carbonyl (C=O) groups is 1. The highest BCUT2D eigenvalue weighted by Crippen LogP contribution is 2.31. The molecule has 0 aromatic heterocycles. The lowest BCUT2D eigenvalue weighted by Gasteiger charge is -2.30. The summed E-state index contributed by atoms with van der Waals surface area (Å²) in [5, 5.41) is 9.61. The Morgan fingerprint density at radius 2 is 2.04 bits per heavy atom. The molecule has 1 aliphatic carbocycles. The predicted octanol–water partition coefficient (Wildman–Crippen LogP) is 3.31. The Morgan fingerprint density at radius 1 is 1.35 bits per heavy atom. The van der Waals surface area contributed by atoms with Gasteiger partial charge in [-0.05, 0) is 62.8 Å². The van der Waals surface area contributed by atoms with Crippen molar-refractivity contribution in [2.45, 2.75) is 51.7 Å². The molecular weight excluding hydrogens is 299 g/mol. The lowest BCUT2D eigenvalue weighted by molar-refractivity contribution is -0.150. The maximum absolute atomic E-state index is 13.4. The lowest BCUT2D eigenvalue weighted by atomic mass is 9.87. The molecular formula is C18H25FO4. The molecule has 1 fully saturated rings. The summed E-state index contributed by atoms with van der Waals surface area (Å²) in [5.41, 5.74) is 1.57. The Bertz CT molecular complexity index is 524. The van der Waals surface area contributed by atoms with Crippen LogP contribution in [0.15, 0.2) is 18.2 Å². The van der Waals surface area contributed by atoms with E-state index in [1.165, 1.54) is 12.1 Å². The van der Waals surface area contributed by atoms with Crippen molar-refractivity contribution < 1.29 is 23.8 Å². The van der Waals surface area contributed by atoms with Gasteiger partial charge in [0.25, 0.3) is 0 Å². The van der Waals surface area contributed by atoms with Crippen molar-refractivity contribution in [3.8, 4) is 0 Å². The zero-order valence-electron chi connectivity index (χ0n) is 13.8. The number of aliphatic hydroxyl groups excluding tert-OH is 1. The third-order valence-electron chi connectivity index (χ3n) is 4.40. The van der Waals surface area contributed by atoms with E-state index in [0.717, 1.165) is 31.2 Å². The number of benzene rings is 1. The van der Waals surface area contributed by atoms with Crippen molar-refractivity contribution in [2.75, 3.05) is 13.2 Å². The van der Waals surface area contributed by atoms with Gasteiger partial charge in [-0.2, -0.15) is 0 Å². The fourth-order valence-corrected chi connectivity index (χ4v) is 3.10. The first-order valence-corrected chi connectivity index (χ1v) is 8.24. The van der Waals surface area contributed by atoms with E-state index in [4.69, 9.17) is 9.47 Å². The molecule has 0 bridgehead atoms. The maximum atomic E-state index is 13.4. The van der Waals surface area contributed by atoms with Crippen LogP contribution in [0.3, 0.4) is 0 Å². The molecule has 0 radical (unpaired) electrons. The van der Waals surface area contributed by atoms with Crippen LogP contribution in [0.5, 0.6) is 0 Å². The van der Waals surface area contributed by atoms with Crippen LogP contribution in [0.4, 0.5) is 4.39 Å². The van der Waals surface area contributed by atoms with Crippen LogP contribution in [-0.4, -0.2) is 30.4 Å². The van der Waals surface area contributed by atoms with Gasteiger partial charge < -0.3 is 14.6 Å². The molecule has 4 nitrogen and oxygen atoms in total. The fourth-order valence-electron chi connectivity index (χ4n) is 3.10. The van der Waals surface area contributed by atoms with Crippen molar-refractivity contribution in [1.29, 1.82) is 0 Å². The van der Waals surface area contributed by atoms with Crippen molar-refractivity contribution in [3.05, 3.63) is 35.1 Å². The fraction of sp³-hybridized carbons (Fsp3) is 0.611. The second kappa shape index (κ2) is 8.41. The predicted molar refractivity (Wildman–Crippen MR) is 84.4 cm³/mol. The largest absolute Gasteiger partial charge is 0.466 e. The molecule has 2 rings (SSSR count). The van der Waals surface area contributed by atoms with Gasteiger partial charge in [0.2, 0.25) is 0 Å². The molecule has 1 atom stereocenters. The standard InChI is InChI=1S/C18H25FO4/c1-3-22-18(21)13-5-8-15(9-6-13)23-17(11-20)16-10-14(19)7-4-12(16)2/h4,7,10,13,15,17,20H,3,5-6,8-9,11H2,1-2H3/t13?,15?,17-/m0/s1. The zero-order valence-corrected chi connectivity index (χ0v) is 13.8. The van der Waals surface area contributed by atoms with Crippen LogP contribution in [0, 0.1) is 18.7 Å². The normalized spacial score (nSPS) is 22.6. The molecule has 0 heterocycles. The molecule has 1 aliphatic rings. The van der Waals surface area contributed by atoms with E-state index in [2.05, 4.69) is 0 Å². The monoisotopic (exact) mass is 324 g/mol. The van der Waals surface area contributed by atoms with E-state index in [9.17, 15) is 14.3 Å². The number of hydrogen-bond acceptors (Lipinski definition) is 4. The van der Waals surface area contributed by atoms with Crippen molar-refractivity contribution in [3.63, 3.8) is 0 Å². The van der Waals surface area contributed by atoms with E-state index in [-0.39, 0.29) is 30.4 Å². The van der Waals surface area contributed by atoms with E-state index in [1.807, 2.05) is 6.92 Å². The Kier molecular flexibility index (Phi) is 6.54. The van der Waals surface area contributed by atoms with E-state index >= 15 is 0 Å². The second-order valence-electron chi connectivity index (χ2n) is 6.03. The highest BCUT2D eigenvalue weighted by atomic mass is 19.1. The number of carbonyl (C=O) groups excluding carboxylic acids is 1. The number of esters is 1. The average Bonchev–Trinajstić information content (AvgIpc) is 2.56. The van der Waals surface area contributed by atoms with Crippen LogP contribution in [0.2, 0.25) is 0 Å². The second-order valence-corrected chi connectivity index (χ2v) is 6.03. The van der Waals surface area contributed by atoms with Gasteiger partial charge in [0.1, 0.15) is 11.9 Å². The van der Waals surface area contributed by atoms with Crippen LogP contribution in [0.25, 0.3) is 0 Å². The minimum absolute atomic E-state index is 0.0273. The molecule has 1 N–H and O–H groups in total. The van der Waals surface area contributed by atoms with Crippen molar-refractivity contribution in [1.82, 2.24) is 0 Å². The SMILES string of the molecule is CCOC(=O)C1CCC(O[C@@H](CO)c2cc(F)ccc2C)CC1. The van der Waals surface area contributed by atoms with Gasteiger partial charge in [0, 0.05) is 0 Å². The number of ether oxygens (including phenoxy) is 2. The molecule has 0 spiro atoms. The summed E-state index contributed by atoms with van der Waals surface area (Å²) in [7, 11) is 0. The Labute approximate surface area is 136 Å². The number of aliphatic hydroxyl groups is 1. The highest BCUT2D eigenvalue weighted by molar-refractivity contribution is 5.72. The molecule has 1 saturated carbocycles. The van der Waals surface area contributed by atoms with Gasteiger partial charge in [-0.1, -0.05) is 6.07 Å². The molecule has 0 amide bonds. The topological polar surface area (TPSA) is 55.8 Å². The first kappa shape index (κ1) is 17.9. The lowest BCUT2D eigenvalue weighted by Crippen LogP contribution is -2.29. The van der Waals surface area contributed by atoms with Gasteiger partial charge in [-0.15, -0.1) is 0 Å². The first-order valence-electron chi connectivity index (χ1n) is 8.24. The maximum Gasteiger partial charge on any atom is 0.308 e. The van der Waals surface area contributed by atoms with Crippen molar-refractivity contribution in [2.24, 2.45) is 5.92 Å². The molecule has 0 saturated heterocycles. The Hall–Kier alpha value is -1.46. The molecule has 128 valence electrons. The number of rotatable bonds is 6. The third-order valence-corrected chi connectivity index (χ3v) is 4.40. The number of hydrogen-bond donors (Lipinski definition) is 1. The minimum atomic E-state index is -0.533. The van der Waals surface area contributed by atoms with Gasteiger partial charge >= 0.3 is 5.97 Å². The van der Waals surface area contributed by atoms with Crippen LogP contribution >= 0.6 is 0 Å². The summed E-state index contributed by atoms with van der Waals surface area (Å²) in [6, 6.07) is 4.51. The van der Waals surface area contributed by atoms with Gasteiger partial charge in [-0.3, -0.25) is 4.79 Å². The Balaban J connectivity index is 1.93. The smallest absolute Gasteiger partial charge is 0.308 e. The molecule has 1 aromatic carbocycles. The van der Waals surface area contributed by atoms with E-state index in [1.54, 1.807) is 13.0 Å². The number of aryl methyl sites for hydroxylation is 1. The summed E-state index contributed by atoms with van der Waals surface area (Å²) in [6.07, 6.45) is 2.38. The first-order chi connectivity index (χ1) is 11.0. The van der Waals surface area contributed by atoms with Crippen LogP contribution in [0.1, 0.15) is 49.8 Å². The van der Waals surface area contributed by atoms with Gasteiger partial charge in [0.05, 0.1) is 25.2 Å². The average molecular weight is 324 g/mol. The quantitative estimate of drug-likeness (QED) is 0.816. The Morgan fingerprint density at radius 3 is 2.65 bits per heavy atom. The summed E-state index contributed by atoms with van der Waals surface area (Å²) in [4.78, 5) is 11.7. The zero-order chi connectivity index (χ0) is 16.8. The highest BCUT2D eigenvalue weighted by Gasteiger charge is 2.29. The van der Waals surface area contributed by atoms with Gasteiger partial charge in [0.15, 0.2) is 0 Å². The summed E-state index contributed by atoms with van der Waals surface area (Å²) >= 11 is 0. The van der Waals surface area contributed by atoms with Crippen molar-refractivity contribution >= 4 is 5.97 Å². The van der Waals surface area contributed by atoms with E-state index < -0.39 is 6.10 Å². The summed E-state index contributed by atoms with van der Waals surface area (Å²) in [5.74, 6) is -0.525. The summed E-state index contributed by atoms with van der Waals surface area (Å²) in [6.45, 7) is 3.89. The number of halogens is 1. The van der Waals surface area contributed by atoms with Crippen LogP contribution in [-0.2, 0) is 14.3 Å². The van der Waals surface area contributed by atoms with Crippen LogP contribution < -0.4 is 0 Å². The molecule has 0 aliphatic heterocycles. The summed E-state index contributed by atoms with van der Waals surface area (Å²) < 4.78 is 24.5. The third kappa shape index (κ3) is 4.75.